The van der Waals surface area contributed by atoms with Crippen LogP contribution in [0.1, 0.15) is 18.0 Å². The summed E-state index contributed by atoms with van der Waals surface area (Å²) in [7, 11) is 0. The largest absolute Gasteiger partial charge is 0.310 e. The molecule has 72 valence electrons. The van der Waals surface area contributed by atoms with E-state index in [1.165, 1.54) is 12.0 Å². The lowest BCUT2D eigenvalue weighted by atomic mass is 9.98. The maximum Gasteiger partial charge on any atom is 0.0454 e. The van der Waals surface area contributed by atoms with Crippen molar-refractivity contribution in [2.75, 3.05) is 6.54 Å². The molecule has 1 heterocycles. The molecule has 4 heteroatoms. The number of rotatable bonds is 1. The van der Waals surface area contributed by atoms with Gasteiger partial charge in [0.2, 0.25) is 0 Å². The summed E-state index contributed by atoms with van der Waals surface area (Å²) in [5, 5.41) is 4.18. The molecule has 0 unspecified atom stereocenters. The third-order valence-corrected chi connectivity index (χ3v) is 2.99. The molecule has 0 aliphatic carbocycles. The second-order valence-corrected chi connectivity index (χ2v) is 4.28. The summed E-state index contributed by atoms with van der Waals surface area (Å²) in [4.78, 5) is 0. The fourth-order valence-electron chi connectivity index (χ4n) is 1.34. The molecule has 0 aromatic heterocycles. The van der Waals surface area contributed by atoms with Crippen molar-refractivity contribution in [3.05, 3.63) is 33.3 Å². The van der Waals surface area contributed by atoms with E-state index in [1.54, 1.807) is 0 Å². The molecule has 1 aliphatic heterocycles. The van der Waals surface area contributed by atoms with Crippen LogP contribution >= 0.6 is 39.9 Å². The van der Waals surface area contributed by atoms with Gasteiger partial charge in [0.25, 0.3) is 0 Å². The van der Waals surface area contributed by atoms with Gasteiger partial charge in [-0.3, -0.25) is 0 Å². The highest BCUT2D eigenvalue weighted by atomic mass is 79.9. The minimum Gasteiger partial charge on any atom is -0.310 e. The minimum atomic E-state index is 0. The van der Waals surface area contributed by atoms with E-state index in [1.807, 2.05) is 12.1 Å². The van der Waals surface area contributed by atoms with E-state index in [0.29, 0.717) is 6.04 Å². The Morgan fingerprint density at radius 2 is 2.15 bits per heavy atom. The molecule has 1 nitrogen and oxygen atoms in total. The molecule has 2 rings (SSSR count). The Kier molecular flexibility index (Phi) is 4.05. The zero-order valence-electron chi connectivity index (χ0n) is 6.89. The summed E-state index contributed by atoms with van der Waals surface area (Å²) in [6.07, 6.45) is 1.19. The van der Waals surface area contributed by atoms with Crippen LogP contribution in [0.5, 0.6) is 0 Å². The maximum atomic E-state index is 6.04. The summed E-state index contributed by atoms with van der Waals surface area (Å²) in [6, 6.07) is 6.44. The van der Waals surface area contributed by atoms with Crippen LogP contribution in [0, 0.1) is 0 Å². The molecule has 1 saturated heterocycles. The van der Waals surface area contributed by atoms with Gasteiger partial charge in [0.05, 0.1) is 0 Å². The van der Waals surface area contributed by atoms with E-state index in [0.717, 1.165) is 16.0 Å². The molecule has 0 radical (unpaired) electrons. The highest BCUT2D eigenvalue weighted by Crippen LogP contribution is 2.31. The molecule has 1 aromatic carbocycles. The molecular formula is C9H10BrCl2N. The van der Waals surface area contributed by atoms with Crippen LogP contribution in [-0.4, -0.2) is 6.54 Å². The van der Waals surface area contributed by atoms with E-state index in [4.69, 9.17) is 11.6 Å². The first-order valence-electron chi connectivity index (χ1n) is 3.96. The van der Waals surface area contributed by atoms with E-state index in [2.05, 4.69) is 27.3 Å². The van der Waals surface area contributed by atoms with E-state index < -0.39 is 0 Å². The number of halogens is 3. The molecule has 1 atom stereocenters. The summed E-state index contributed by atoms with van der Waals surface area (Å²) in [5.41, 5.74) is 1.21. The van der Waals surface area contributed by atoms with E-state index in [-0.39, 0.29) is 12.4 Å². The smallest absolute Gasteiger partial charge is 0.0454 e. The van der Waals surface area contributed by atoms with Gasteiger partial charge in [0.15, 0.2) is 0 Å². The van der Waals surface area contributed by atoms with E-state index >= 15 is 0 Å². The molecule has 0 amide bonds. The lowest BCUT2D eigenvalue weighted by Crippen LogP contribution is -2.35. The van der Waals surface area contributed by atoms with Crippen LogP contribution in [0.15, 0.2) is 22.7 Å². The predicted molar refractivity (Wildman–Crippen MR) is 61.8 cm³/mol. The normalized spacial score (nSPS) is 20.3. The van der Waals surface area contributed by atoms with Crippen molar-refractivity contribution < 1.29 is 0 Å². The van der Waals surface area contributed by atoms with Crippen molar-refractivity contribution in [2.45, 2.75) is 12.5 Å². The average molecular weight is 283 g/mol. The maximum absolute atomic E-state index is 6.04. The molecule has 1 N–H and O–H groups in total. The second kappa shape index (κ2) is 4.65. The van der Waals surface area contributed by atoms with Gasteiger partial charge in [0.1, 0.15) is 0 Å². The van der Waals surface area contributed by atoms with Crippen molar-refractivity contribution in [3.63, 3.8) is 0 Å². The van der Waals surface area contributed by atoms with Gasteiger partial charge in [0, 0.05) is 15.5 Å². The SMILES string of the molecule is Cl.Clc1ccc(Br)cc1[C@H]1CCN1. The average Bonchev–Trinajstić information content (AvgIpc) is 1.93. The molecule has 0 saturated carbocycles. The van der Waals surface area contributed by atoms with Crippen LogP contribution in [0.2, 0.25) is 5.02 Å². The fraction of sp³-hybridized carbons (Fsp3) is 0.333. The van der Waals surface area contributed by atoms with Crippen LogP contribution in [0.3, 0.4) is 0 Å². The van der Waals surface area contributed by atoms with Gasteiger partial charge in [-0.05, 0) is 36.7 Å². The number of benzene rings is 1. The fourth-order valence-corrected chi connectivity index (χ4v) is 1.96. The number of nitrogens with one attached hydrogen (secondary N) is 1. The van der Waals surface area contributed by atoms with Crippen molar-refractivity contribution in [1.29, 1.82) is 0 Å². The van der Waals surface area contributed by atoms with Gasteiger partial charge in [-0.2, -0.15) is 0 Å². The van der Waals surface area contributed by atoms with Crippen LogP contribution in [0.4, 0.5) is 0 Å². The van der Waals surface area contributed by atoms with Crippen LogP contribution < -0.4 is 5.32 Å². The predicted octanol–water partition coefficient (Wildman–Crippen LogP) is 3.56. The van der Waals surface area contributed by atoms with Gasteiger partial charge in [-0.25, -0.2) is 0 Å². The van der Waals surface area contributed by atoms with Gasteiger partial charge >= 0.3 is 0 Å². The minimum absolute atomic E-state index is 0. The van der Waals surface area contributed by atoms with Crippen molar-refractivity contribution >= 4 is 39.9 Å². The molecule has 0 bridgehead atoms. The Balaban J connectivity index is 0.000000845. The first-order chi connectivity index (χ1) is 5.77. The molecule has 1 aromatic rings. The van der Waals surface area contributed by atoms with Crippen molar-refractivity contribution in [1.82, 2.24) is 5.32 Å². The lowest BCUT2D eigenvalue weighted by molar-refractivity contribution is 0.383. The second-order valence-electron chi connectivity index (χ2n) is 2.96. The highest BCUT2D eigenvalue weighted by Gasteiger charge is 2.20. The van der Waals surface area contributed by atoms with Crippen LogP contribution in [0.25, 0.3) is 0 Å². The standard InChI is InChI=1S/C9H9BrClN.ClH/c10-6-1-2-8(11)7(5-6)9-3-4-12-9;/h1-2,5,9,12H,3-4H2;1H/t9-;/m1./s1. The third-order valence-electron chi connectivity index (χ3n) is 2.16. The summed E-state index contributed by atoms with van der Waals surface area (Å²) in [5.74, 6) is 0. The number of hydrogen-bond donors (Lipinski definition) is 1. The number of hydrogen-bond acceptors (Lipinski definition) is 1. The summed E-state index contributed by atoms with van der Waals surface area (Å²) < 4.78 is 1.09. The van der Waals surface area contributed by atoms with Gasteiger partial charge in [-0.15, -0.1) is 12.4 Å². The molecule has 1 fully saturated rings. The summed E-state index contributed by atoms with van der Waals surface area (Å²) >= 11 is 9.47. The topological polar surface area (TPSA) is 12.0 Å². The Morgan fingerprint density at radius 3 is 2.69 bits per heavy atom. The Labute approximate surface area is 97.4 Å². The zero-order chi connectivity index (χ0) is 8.55. The lowest BCUT2D eigenvalue weighted by Gasteiger charge is -2.28. The molecule has 13 heavy (non-hydrogen) atoms. The quantitative estimate of drug-likeness (QED) is 0.831. The summed E-state index contributed by atoms with van der Waals surface area (Å²) in [6.45, 7) is 1.10. The Bertz CT molecular complexity index is 300. The van der Waals surface area contributed by atoms with E-state index in [9.17, 15) is 0 Å². The van der Waals surface area contributed by atoms with Crippen molar-refractivity contribution in [2.24, 2.45) is 0 Å². The van der Waals surface area contributed by atoms with Gasteiger partial charge in [-0.1, -0.05) is 27.5 Å². The van der Waals surface area contributed by atoms with Crippen LogP contribution in [-0.2, 0) is 0 Å². The highest BCUT2D eigenvalue weighted by molar-refractivity contribution is 9.10. The monoisotopic (exact) mass is 281 g/mol. The Hall–Kier alpha value is 0.240. The zero-order valence-corrected chi connectivity index (χ0v) is 10.0. The third kappa shape index (κ3) is 2.38. The Morgan fingerprint density at radius 1 is 1.46 bits per heavy atom. The van der Waals surface area contributed by atoms with Crippen molar-refractivity contribution in [3.8, 4) is 0 Å². The molecular weight excluding hydrogens is 273 g/mol. The molecule has 1 aliphatic rings. The first-order valence-corrected chi connectivity index (χ1v) is 5.13. The first kappa shape index (κ1) is 11.3. The van der Waals surface area contributed by atoms with Gasteiger partial charge < -0.3 is 5.32 Å². The molecule has 0 spiro atoms.